The molecule has 0 aromatic heterocycles. The van der Waals surface area contributed by atoms with Gasteiger partial charge in [-0.15, -0.1) is 12.4 Å². The van der Waals surface area contributed by atoms with Crippen molar-refractivity contribution in [1.82, 2.24) is 10.6 Å². The number of para-hydroxylation sites is 1. The second-order valence-corrected chi connectivity index (χ2v) is 4.72. The number of carbonyl (C=O) groups excluding carboxylic acids is 2. The molecule has 0 fully saturated rings. The van der Waals surface area contributed by atoms with Gasteiger partial charge in [-0.2, -0.15) is 0 Å². The third-order valence-corrected chi connectivity index (χ3v) is 3.25. The van der Waals surface area contributed by atoms with Gasteiger partial charge in [0.1, 0.15) is 0 Å². The molecular weight excluding hydrogens is 290 g/mol. The fourth-order valence-electron chi connectivity index (χ4n) is 1.77. The smallest absolute Gasteiger partial charge is 0.253 e. The van der Waals surface area contributed by atoms with Crippen LogP contribution < -0.4 is 15.5 Å². The molecule has 1 atom stereocenters. The van der Waals surface area contributed by atoms with Crippen molar-refractivity contribution in [1.29, 1.82) is 0 Å². The largest absolute Gasteiger partial charge is 0.350 e. The van der Waals surface area contributed by atoms with Gasteiger partial charge >= 0.3 is 0 Å². The summed E-state index contributed by atoms with van der Waals surface area (Å²) in [4.78, 5) is 25.5. The molecule has 6 heteroatoms. The highest BCUT2D eigenvalue weighted by atomic mass is 35.5. The maximum atomic E-state index is 12.2. The Bertz CT molecular complexity index is 480. The van der Waals surface area contributed by atoms with E-state index in [9.17, 15) is 9.59 Å². The Morgan fingerprint density at radius 3 is 2.48 bits per heavy atom. The molecule has 2 amide bonds. The lowest BCUT2D eigenvalue weighted by molar-refractivity contribution is -0.118. The van der Waals surface area contributed by atoms with E-state index in [1.807, 2.05) is 20.0 Å². The average Bonchev–Trinajstić information content (AvgIpc) is 2.50. The van der Waals surface area contributed by atoms with E-state index in [2.05, 4.69) is 10.6 Å². The number of carbonyl (C=O) groups is 2. The van der Waals surface area contributed by atoms with Gasteiger partial charge in [0.25, 0.3) is 5.91 Å². The summed E-state index contributed by atoms with van der Waals surface area (Å²) in [6, 6.07) is 7.32. The molecule has 0 saturated carbocycles. The summed E-state index contributed by atoms with van der Waals surface area (Å²) in [6.07, 6.45) is 0.406. The summed E-state index contributed by atoms with van der Waals surface area (Å²) in [5.74, 6) is -0.188. The topological polar surface area (TPSA) is 61.4 Å². The summed E-state index contributed by atoms with van der Waals surface area (Å²) < 4.78 is 0. The van der Waals surface area contributed by atoms with Crippen molar-refractivity contribution in [2.75, 3.05) is 25.5 Å². The van der Waals surface area contributed by atoms with Crippen LogP contribution in [0.15, 0.2) is 24.3 Å². The van der Waals surface area contributed by atoms with E-state index in [4.69, 9.17) is 0 Å². The first-order chi connectivity index (χ1) is 9.51. The zero-order valence-corrected chi connectivity index (χ0v) is 13.8. The van der Waals surface area contributed by atoms with Crippen molar-refractivity contribution in [2.24, 2.45) is 0 Å². The third-order valence-electron chi connectivity index (χ3n) is 3.25. The van der Waals surface area contributed by atoms with Crippen molar-refractivity contribution in [3.8, 4) is 0 Å². The second-order valence-electron chi connectivity index (χ2n) is 4.72. The Morgan fingerprint density at radius 2 is 1.90 bits per heavy atom. The van der Waals surface area contributed by atoms with E-state index in [0.717, 1.165) is 0 Å². The molecule has 2 N–H and O–H groups in total. The molecule has 0 radical (unpaired) electrons. The molecular formula is C15H24ClN3O2. The van der Waals surface area contributed by atoms with Crippen molar-refractivity contribution >= 4 is 29.9 Å². The van der Waals surface area contributed by atoms with Crippen molar-refractivity contribution in [3.63, 3.8) is 0 Å². The van der Waals surface area contributed by atoms with E-state index in [1.165, 1.54) is 4.90 Å². The first-order valence-corrected chi connectivity index (χ1v) is 6.82. The number of hydrogen-bond donors (Lipinski definition) is 2. The molecule has 0 saturated heterocycles. The summed E-state index contributed by atoms with van der Waals surface area (Å²) in [5.41, 5.74) is 1.15. The van der Waals surface area contributed by atoms with Gasteiger partial charge in [-0.25, -0.2) is 0 Å². The molecule has 0 bridgehead atoms. The van der Waals surface area contributed by atoms with Crippen LogP contribution in [0, 0.1) is 0 Å². The van der Waals surface area contributed by atoms with Crippen LogP contribution in [0.1, 0.15) is 30.6 Å². The number of hydrogen-bond acceptors (Lipinski definition) is 3. The molecule has 118 valence electrons. The first kappa shape index (κ1) is 19.4. The van der Waals surface area contributed by atoms with Crippen molar-refractivity contribution < 1.29 is 9.59 Å². The minimum atomic E-state index is -0.168. The van der Waals surface area contributed by atoms with Crippen LogP contribution in [0.25, 0.3) is 0 Å². The average molecular weight is 314 g/mol. The highest BCUT2D eigenvalue weighted by Gasteiger charge is 2.17. The predicted octanol–water partition coefficient (Wildman–Crippen LogP) is 1.82. The van der Waals surface area contributed by atoms with Gasteiger partial charge in [-0.05, 0) is 26.1 Å². The second kappa shape index (κ2) is 9.37. The molecule has 0 aliphatic carbocycles. The van der Waals surface area contributed by atoms with Crippen molar-refractivity contribution in [3.05, 3.63) is 29.8 Å². The molecule has 1 aromatic rings. The lowest BCUT2D eigenvalue weighted by atomic mass is 10.1. The number of benzene rings is 1. The van der Waals surface area contributed by atoms with Gasteiger partial charge in [-0.1, -0.05) is 19.1 Å². The normalized spacial score (nSPS) is 11.2. The van der Waals surface area contributed by atoms with Crippen LogP contribution in [0.3, 0.4) is 0 Å². The lowest BCUT2D eigenvalue weighted by Crippen LogP contribution is -2.38. The fraction of sp³-hybridized carbons (Fsp3) is 0.467. The van der Waals surface area contributed by atoms with Crippen LogP contribution in [-0.2, 0) is 4.79 Å². The van der Waals surface area contributed by atoms with E-state index in [1.54, 1.807) is 32.2 Å². The van der Waals surface area contributed by atoms with Crippen LogP contribution in [0.5, 0.6) is 0 Å². The zero-order chi connectivity index (χ0) is 15.1. The Kier molecular flexibility index (Phi) is 8.66. The summed E-state index contributed by atoms with van der Waals surface area (Å²) in [6.45, 7) is 4.32. The summed E-state index contributed by atoms with van der Waals surface area (Å²) in [7, 11) is 3.53. The molecule has 21 heavy (non-hydrogen) atoms. The Hall–Kier alpha value is -1.59. The number of rotatable bonds is 6. The van der Waals surface area contributed by atoms with Gasteiger partial charge in [0.15, 0.2) is 0 Å². The molecule has 0 spiro atoms. The van der Waals surface area contributed by atoms with E-state index in [0.29, 0.717) is 24.2 Å². The predicted molar refractivity (Wildman–Crippen MR) is 88.2 cm³/mol. The number of amides is 2. The molecule has 0 aliphatic heterocycles. The highest BCUT2D eigenvalue weighted by Crippen LogP contribution is 2.19. The molecule has 0 aliphatic rings. The minimum absolute atomic E-state index is 0. The Labute approximate surface area is 132 Å². The Morgan fingerprint density at radius 1 is 1.29 bits per heavy atom. The lowest BCUT2D eigenvalue weighted by Gasteiger charge is -2.20. The first-order valence-electron chi connectivity index (χ1n) is 6.82. The third kappa shape index (κ3) is 5.36. The van der Waals surface area contributed by atoms with Crippen LogP contribution in [-0.4, -0.2) is 38.5 Å². The zero-order valence-electron chi connectivity index (χ0n) is 13.0. The number of nitrogens with one attached hydrogen (secondary N) is 2. The van der Waals surface area contributed by atoms with Gasteiger partial charge < -0.3 is 15.5 Å². The number of anilines is 1. The molecule has 0 heterocycles. The van der Waals surface area contributed by atoms with Crippen LogP contribution >= 0.6 is 12.4 Å². The summed E-state index contributed by atoms with van der Waals surface area (Å²) >= 11 is 0. The fourth-order valence-corrected chi connectivity index (χ4v) is 1.77. The number of likely N-dealkylation sites (N-methyl/N-ethyl adjacent to an activating group) is 1. The number of halogens is 1. The van der Waals surface area contributed by atoms with E-state index < -0.39 is 0 Å². The monoisotopic (exact) mass is 313 g/mol. The maximum absolute atomic E-state index is 12.2. The maximum Gasteiger partial charge on any atom is 0.253 e. The molecule has 1 aromatic carbocycles. The standard InChI is InChI=1S/C15H23N3O2.ClH/c1-5-14(19)18(4)13-9-7-6-8-12(13)15(20)17-10-11(2)16-3;/h6-9,11,16H,5,10H2,1-4H3,(H,17,20);1H. The van der Waals surface area contributed by atoms with E-state index in [-0.39, 0.29) is 30.3 Å². The van der Waals surface area contributed by atoms with Gasteiger partial charge in [0, 0.05) is 26.1 Å². The van der Waals surface area contributed by atoms with E-state index >= 15 is 0 Å². The molecule has 1 unspecified atom stereocenters. The number of nitrogens with zero attached hydrogens (tertiary/aromatic N) is 1. The van der Waals surface area contributed by atoms with Gasteiger partial charge in [0.05, 0.1) is 11.3 Å². The van der Waals surface area contributed by atoms with Gasteiger partial charge in [-0.3, -0.25) is 9.59 Å². The SMILES string of the molecule is CCC(=O)N(C)c1ccccc1C(=O)NCC(C)NC.Cl. The quantitative estimate of drug-likeness (QED) is 0.842. The van der Waals surface area contributed by atoms with Crippen LogP contribution in [0.4, 0.5) is 5.69 Å². The Balaban J connectivity index is 0.00000400. The van der Waals surface area contributed by atoms with Crippen molar-refractivity contribution in [2.45, 2.75) is 26.3 Å². The molecule has 1 rings (SSSR count). The van der Waals surface area contributed by atoms with Crippen LogP contribution in [0.2, 0.25) is 0 Å². The minimum Gasteiger partial charge on any atom is -0.350 e. The summed E-state index contributed by atoms with van der Waals surface area (Å²) in [5, 5.41) is 5.92. The highest BCUT2D eigenvalue weighted by molar-refractivity contribution is 6.04. The van der Waals surface area contributed by atoms with Gasteiger partial charge in [0.2, 0.25) is 5.91 Å². The molecule has 5 nitrogen and oxygen atoms in total.